The molecule has 0 bridgehead atoms. The van der Waals surface area contributed by atoms with E-state index in [1.165, 1.54) is 17.8 Å². The SMILES string of the molecule is CSc1cc(B(O)O)c(Cl)cc1Cl. The smallest absolute Gasteiger partial charge is 0.423 e. The molecule has 1 aromatic carbocycles. The standard InChI is InChI=1S/C7H7BCl2O2S/c1-13-7-2-4(8(11)12)5(9)3-6(7)10/h2-3,11-12H,1H3. The van der Waals surface area contributed by atoms with Gasteiger partial charge >= 0.3 is 7.12 Å². The van der Waals surface area contributed by atoms with Gasteiger partial charge in [-0.25, -0.2) is 0 Å². The van der Waals surface area contributed by atoms with E-state index in [0.29, 0.717) is 5.02 Å². The first-order chi connectivity index (χ1) is 6.06. The van der Waals surface area contributed by atoms with Crippen molar-refractivity contribution in [1.82, 2.24) is 0 Å². The lowest BCUT2D eigenvalue weighted by molar-refractivity contribution is 0.425. The van der Waals surface area contributed by atoms with Gasteiger partial charge in [0.15, 0.2) is 0 Å². The van der Waals surface area contributed by atoms with Crippen LogP contribution in [0.4, 0.5) is 0 Å². The fraction of sp³-hybridized carbons (Fsp3) is 0.143. The molecule has 2 N–H and O–H groups in total. The average Bonchev–Trinajstić information content (AvgIpc) is 2.03. The monoisotopic (exact) mass is 236 g/mol. The van der Waals surface area contributed by atoms with Crippen LogP contribution in [-0.4, -0.2) is 23.4 Å². The predicted molar refractivity (Wildman–Crippen MR) is 58.1 cm³/mol. The van der Waals surface area contributed by atoms with E-state index < -0.39 is 7.12 Å². The van der Waals surface area contributed by atoms with Crippen molar-refractivity contribution in [1.29, 1.82) is 0 Å². The van der Waals surface area contributed by atoms with Gasteiger partial charge in [0.2, 0.25) is 0 Å². The minimum absolute atomic E-state index is 0.262. The Kier molecular flexibility index (Phi) is 3.95. The zero-order valence-electron chi connectivity index (χ0n) is 6.79. The predicted octanol–water partition coefficient (Wildman–Crippen LogP) is 1.40. The maximum Gasteiger partial charge on any atom is 0.489 e. The van der Waals surface area contributed by atoms with E-state index in [1.807, 2.05) is 6.26 Å². The molecule has 0 unspecified atom stereocenters. The van der Waals surface area contributed by atoms with Gasteiger partial charge in [0.25, 0.3) is 0 Å². The summed E-state index contributed by atoms with van der Waals surface area (Å²) in [6, 6.07) is 3.07. The third-order valence-electron chi connectivity index (χ3n) is 1.55. The molecule has 0 radical (unpaired) electrons. The maximum atomic E-state index is 8.93. The molecule has 0 heterocycles. The zero-order valence-corrected chi connectivity index (χ0v) is 9.12. The van der Waals surface area contributed by atoms with E-state index in [9.17, 15) is 0 Å². The van der Waals surface area contributed by atoms with Gasteiger partial charge in [0.05, 0.1) is 5.02 Å². The maximum absolute atomic E-state index is 8.93. The first kappa shape index (κ1) is 11.2. The highest BCUT2D eigenvalue weighted by Crippen LogP contribution is 2.26. The number of halogens is 2. The Morgan fingerprint density at radius 2 is 1.85 bits per heavy atom. The Hall–Kier alpha value is 0.135. The Bertz CT molecular complexity index is 320. The Morgan fingerprint density at radius 1 is 1.23 bits per heavy atom. The molecular formula is C7H7BCl2O2S. The van der Waals surface area contributed by atoms with E-state index >= 15 is 0 Å². The van der Waals surface area contributed by atoms with Crippen molar-refractivity contribution in [2.75, 3.05) is 6.26 Å². The summed E-state index contributed by atoms with van der Waals surface area (Å²) in [7, 11) is -1.56. The molecule has 0 atom stereocenters. The van der Waals surface area contributed by atoms with Crippen LogP contribution in [0.1, 0.15) is 0 Å². The molecule has 13 heavy (non-hydrogen) atoms. The molecule has 0 aromatic heterocycles. The van der Waals surface area contributed by atoms with Gasteiger partial charge in [-0.05, 0) is 18.4 Å². The number of benzene rings is 1. The van der Waals surface area contributed by atoms with Gasteiger partial charge in [-0.15, -0.1) is 11.8 Å². The lowest BCUT2D eigenvalue weighted by Crippen LogP contribution is -2.30. The number of rotatable bonds is 2. The van der Waals surface area contributed by atoms with Gasteiger partial charge < -0.3 is 10.0 Å². The zero-order chi connectivity index (χ0) is 10.0. The quantitative estimate of drug-likeness (QED) is 0.603. The minimum atomic E-state index is -1.56. The van der Waals surface area contributed by atoms with Gasteiger partial charge in [-0.2, -0.15) is 0 Å². The average molecular weight is 237 g/mol. The molecule has 0 saturated heterocycles. The van der Waals surface area contributed by atoms with E-state index in [1.54, 1.807) is 6.07 Å². The molecule has 1 aromatic rings. The first-order valence-corrected chi connectivity index (χ1v) is 5.43. The molecular weight excluding hydrogens is 230 g/mol. The molecule has 2 nitrogen and oxygen atoms in total. The third kappa shape index (κ3) is 2.54. The first-order valence-electron chi connectivity index (χ1n) is 3.45. The van der Waals surface area contributed by atoms with Crippen molar-refractivity contribution in [3.63, 3.8) is 0 Å². The summed E-state index contributed by atoms with van der Waals surface area (Å²) >= 11 is 13.0. The molecule has 0 fully saturated rings. The molecule has 6 heteroatoms. The highest BCUT2D eigenvalue weighted by atomic mass is 35.5. The summed E-state index contributed by atoms with van der Waals surface area (Å²) in [5.74, 6) is 0. The second kappa shape index (κ2) is 4.57. The van der Waals surface area contributed by atoms with Crippen LogP contribution in [0.25, 0.3) is 0 Å². The van der Waals surface area contributed by atoms with Crippen LogP contribution < -0.4 is 5.46 Å². The second-order valence-corrected chi connectivity index (χ2v) is 4.04. The fourth-order valence-corrected chi connectivity index (χ4v) is 2.11. The highest BCUT2D eigenvalue weighted by Gasteiger charge is 2.17. The van der Waals surface area contributed by atoms with Crippen LogP contribution in [0.15, 0.2) is 17.0 Å². The van der Waals surface area contributed by atoms with E-state index in [-0.39, 0.29) is 10.5 Å². The minimum Gasteiger partial charge on any atom is -0.423 e. The number of hydrogen-bond donors (Lipinski definition) is 2. The normalized spacial score (nSPS) is 10.2. The number of thioether (sulfide) groups is 1. The summed E-state index contributed by atoms with van der Waals surface area (Å²) in [6.07, 6.45) is 1.85. The molecule has 1 rings (SSSR count). The van der Waals surface area contributed by atoms with Crippen molar-refractivity contribution >= 4 is 47.5 Å². The summed E-state index contributed by atoms with van der Waals surface area (Å²) in [4.78, 5) is 0.772. The Balaban J connectivity index is 3.22. The van der Waals surface area contributed by atoms with Crippen molar-refractivity contribution in [2.45, 2.75) is 4.90 Å². The summed E-state index contributed by atoms with van der Waals surface area (Å²) < 4.78 is 0. The lowest BCUT2D eigenvalue weighted by Gasteiger charge is -2.06. The molecule has 70 valence electrons. The fourth-order valence-electron chi connectivity index (χ4n) is 0.899. The van der Waals surface area contributed by atoms with E-state index in [0.717, 1.165) is 4.90 Å². The van der Waals surface area contributed by atoms with Crippen molar-refractivity contribution in [3.8, 4) is 0 Å². The van der Waals surface area contributed by atoms with Crippen LogP contribution in [0.3, 0.4) is 0 Å². The second-order valence-electron chi connectivity index (χ2n) is 2.38. The molecule has 0 aliphatic rings. The Morgan fingerprint density at radius 3 is 2.31 bits per heavy atom. The molecule has 0 aliphatic heterocycles. The molecule has 0 amide bonds. The molecule has 0 aliphatic carbocycles. The third-order valence-corrected chi connectivity index (χ3v) is 3.08. The van der Waals surface area contributed by atoms with Crippen LogP contribution in [0, 0.1) is 0 Å². The van der Waals surface area contributed by atoms with Gasteiger partial charge in [-0.3, -0.25) is 0 Å². The summed E-state index contributed by atoms with van der Waals surface area (Å²) in [6.45, 7) is 0. The largest absolute Gasteiger partial charge is 0.489 e. The van der Waals surface area contributed by atoms with Crippen LogP contribution >= 0.6 is 35.0 Å². The lowest BCUT2D eigenvalue weighted by atomic mass is 9.80. The summed E-state index contributed by atoms with van der Waals surface area (Å²) in [5, 5.41) is 18.6. The van der Waals surface area contributed by atoms with Crippen LogP contribution in [0.5, 0.6) is 0 Å². The Labute approximate surface area is 91.0 Å². The van der Waals surface area contributed by atoms with Crippen molar-refractivity contribution < 1.29 is 10.0 Å². The molecule has 0 saturated carbocycles. The van der Waals surface area contributed by atoms with Crippen LogP contribution in [-0.2, 0) is 0 Å². The van der Waals surface area contributed by atoms with Gasteiger partial charge in [0.1, 0.15) is 0 Å². The van der Waals surface area contributed by atoms with E-state index in [4.69, 9.17) is 33.2 Å². The topological polar surface area (TPSA) is 40.5 Å². The van der Waals surface area contributed by atoms with Gasteiger partial charge in [0, 0.05) is 15.4 Å². The summed E-state index contributed by atoms with van der Waals surface area (Å²) in [5.41, 5.74) is 0.274. The molecule has 0 spiro atoms. The van der Waals surface area contributed by atoms with Gasteiger partial charge in [-0.1, -0.05) is 23.2 Å². The van der Waals surface area contributed by atoms with Crippen molar-refractivity contribution in [2.24, 2.45) is 0 Å². The number of hydrogen-bond acceptors (Lipinski definition) is 3. The van der Waals surface area contributed by atoms with Crippen molar-refractivity contribution in [3.05, 3.63) is 22.2 Å². The highest BCUT2D eigenvalue weighted by molar-refractivity contribution is 7.98. The van der Waals surface area contributed by atoms with E-state index in [2.05, 4.69) is 0 Å². The van der Waals surface area contributed by atoms with Crippen LogP contribution in [0.2, 0.25) is 10.0 Å².